The number of aromatic carboxylic acids is 2. The van der Waals surface area contributed by atoms with Crippen molar-refractivity contribution in [3.63, 3.8) is 0 Å². The van der Waals surface area contributed by atoms with Gasteiger partial charge in [0, 0.05) is 0 Å². The molecule has 0 unspecified atom stereocenters. The molecule has 0 aliphatic rings. The van der Waals surface area contributed by atoms with Gasteiger partial charge in [0.25, 0.3) is 0 Å². The van der Waals surface area contributed by atoms with E-state index in [-0.39, 0.29) is 13.2 Å². The van der Waals surface area contributed by atoms with Crippen LogP contribution in [-0.4, -0.2) is 52.3 Å². The molecule has 9 heteroatoms. The van der Waals surface area contributed by atoms with Crippen LogP contribution in [0.15, 0.2) is 0 Å². The summed E-state index contributed by atoms with van der Waals surface area (Å²) in [5, 5.41) is 18.1. The predicted octanol–water partition coefficient (Wildman–Crippen LogP) is 0.764. The molecule has 0 bridgehead atoms. The number of carboxylic acids is 2. The highest BCUT2D eigenvalue weighted by Crippen LogP contribution is 2.22. The molecule has 0 spiro atoms. The van der Waals surface area contributed by atoms with E-state index in [1.807, 2.05) is 4.98 Å². The number of ether oxygens (including phenoxy) is 2. The lowest BCUT2D eigenvalue weighted by Gasteiger charge is -2.05. The third-order valence-electron chi connectivity index (χ3n) is 2.39. The Kier molecular flexibility index (Phi) is 5.06. The van der Waals surface area contributed by atoms with Gasteiger partial charge in [-0.1, -0.05) is 0 Å². The van der Waals surface area contributed by atoms with Gasteiger partial charge in [0.05, 0.1) is 13.2 Å². The standard InChI is InChI=1S/C12H13NO8/c1-3-20-11(18)5-6(12(19)21-4-2)8(10(16)17)13-7(5)9(14)15/h13H,3-4H2,1-2H3,(H,14,15)(H,16,17). The number of nitrogens with one attached hydrogen (secondary N) is 1. The number of hydrogen-bond donors (Lipinski definition) is 3. The molecular weight excluding hydrogens is 286 g/mol. The van der Waals surface area contributed by atoms with Gasteiger partial charge in [-0.2, -0.15) is 0 Å². The van der Waals surface area contributed by atoms with E-state index in [1.54, 1.807) is 0 Å². The largest absolute Gasteiger partial charge is 0.477 e. The van der Waals surface area contributed by atoms with Gasteiger partial charge in [-0.15, -0.1) is 0 Å². The van der Waals surface area contributed by atoms with E-state index in [9.17, 15) is 19.2 Å². The fourth-order valence-corrected chi connectivity index (χ4v) is 1.64. The molecule has 1 heterocycles. The second kappa shape index (κ2) is 6.55. The molecule has 3 N–H and O–H groups in total. The smallest absolute Gasteiger partial charge is 0.353 e. The summed E-state index contributed by atoms with van der Waals surface area (Å²) >= 11 is 0. The number of aromatic amines is 1. The number of hydrogen-bond acceptors (Lipinski definition) is 6. The number of esters is 2. The zero-order valence-corrected chi connectivity index (χ0v) is 11.3. The Morgan fingerprint density at radius 3 is 1.43 bits per heavy atom. The van der Waals surface area contributed by atoms with E-state index >= 15 is 0 Å². The summed E-state index contributed by atoms with van der Waals surface area (Å²) in [4.78, 5) is 47.9. The third kappa shape index (κ3) is 3.19. The summed E-state index contributed by atoms with van der Waals surface area (Å²) in [6, 6.07) is 0. The highest BCUT2D eigenvalue weighted by molar-refractivity contribution is 6.14. The molecule has 0 atom stereocenters. The van der Waals surface area contributed by atoms with Crippen molar-refractivity contribution in [3.8, 4) is 0 Å². The predicted molar refractivity (Wildman–Crippen MR) is 66.6 cm³/mol. The van der Waals surface area contributed by atoms with Gasteiger partial charge >= 0.3 is 23.9 Å². The highest BCUT2D eigenvalue weighted by Gasteiger charge is 2.34. The fraction of sp³-hybridized carbons (Fsp3) is 0.333. The lowest BCUT2D eigenvalue weighted by molar-refractivity contribution is 0.0472. The van der Waals surface area contributed by atoms with Crippen LogP contribution in [0, 0.1) is 0 Å². The summed E-state index contributed by atoms with van der Waals surface area (Å²) in [6.45, 7) is 2.81. The zero-order chi connectivity index (χ0) is 16.2. The number of rotatable bonds is 6. The van der Waals surface area contributed by atoms with Crippen molar-refractivity contribution in [1.82, 2.24) is 4.98 Å². The average Bonchev–Trinajstić information content (AvgIpc) is 2.79. The topological polar surface area (TPSA) is 143 Å². The summed E-state index contributed by atoms with van der Waals surface area (Å²) in [7, 11) is 0. The van der Waals surface area contributed by atoms with Gasteiger partial charge in [0.15, 0.2) is 0 Å². The minimum atomic E-state index is -1.60. The normalized spacial score (nSPS) is 10.0. The van der Waals surface area contributed by atoms with Crippen molar-refractivity contribution >= 4 is 23.9 Å². The molecule has 1 aromatic heterocycles. The van der Waals surface area contributed by atoms with Crippen LogP contribution in [0.25, 0.3) is 0 Å². The van der Waals surface area contributed by atoms with Gasteiger partial charge in [-0.3, -0.25) is 0 Å². The van der Waals surface area contributed by atoms with Crippen LogP contribution in [0.4, 0.5) is 0 Å². The van der Waals surface area contributed by atoms with Crippen LogP contribution in [-0.2, 0) is 9.47 Å². The average molecular weight is 299 g/mol. The number of H-pyrrole nitrogens is 1. The molecule has 0 aliphatic carbocycles. The Morgan fingerprint density at radius 1 is 0.857 bits per heavy atom. The molecule has 21 heavy (non-hydrogen) atoms. The molecule has 0 radical (unpaired) electrons. The first-order valence-electron chi connectivity index (χ1n) is 5.91. The van der Waals surface area contributed by atoms with Crippen molar-refractivity contribution in [1.29, 1.82) is 0 Å². The summed E-state index contributed by atoms with van der Waals surface area (Å²) < 4.78 is 9.32. The van der Waals surface area contributed by atoms with E-state index in [4.69, 9.17) is 10.2 Å². The van der Waals surface area contributed by atoms with Crippen molar-refractivity contribution in [2.75, 3.05) is 13.2 Å². The molecule has 114 valence electrons. The van der Waals surface area contributed by atoms with Crippen LogP contribution in [0.3, 0.4) is 0 Å². The van der Waals surface area contributed by atoms with Crippen LogP contribution in [0.5, 0.6) is 0 Å². The Morgan fingerprint density at radius 2 is 1.19 bits per heavy atom. The van der Waals surface area contributed by atoms with Gasteiger partial charge in [0.1, 0.15) is 22.5 Å². The van der Waals surface area contributed by atoms with Gasteiger partial charge in [-0.05, 0) is 13.8 Å². The summed E-state index contributed by atoms with van der Waals surface area (Å²) in [6.07, 6.45) is 0. The number of aromatic nitrogens is 1. The molecule has 0 amide bonds. The van der Waals surface area contributed by atoms with E-state index in [0.29, 0.717) is 0 Å². The molecular formula is C12H13NO8. The van der Waals surface area contributed by atoms with Crippen LogP contribution in [0.1, 0.15) is 55.5 Å². The quantitative estimate of drug-likeness (QED) is 0.653. The fourth-order valence-electron chi connectivity index (χ4n) is 1.64. The molecule has 9 nitrogen and oxygen atoms in total. The van der Waals surface area contributed by atoms with Crippen molar-refractivity contribution < 1.29 is 38.9 Å². The summed E-state index contributed by atoms with van der Waals surface area (Å²) in [5.74, 6) is -5.45. The molecule has 0 fully saturated rings. The lowest BCUT2D eigenvalue weighted by Crippen LogP contribution is -2.17. The van der Waals surface area contributed by atoms with Gasteiger partial charge in [0.2, 0.25) is 0 Å². The molecule has 0 aliphatic heterocycles. The maximum absolute atomic E-state index is 11.8. The Labute approximate surface area is 118 Å². The first-order valence-corrected chi connectivity index (χ1v) is 5.91. The van der Waals surface area contributed by atoms with Gasteiger partial charge in [-0.25, -0.2) is 19.2 Å². The third-order valence-corrected chi connectivity index (χ3v) is 2.39. The van der Waals surface area contributed by atoms with Crippen LogP contribution in [0.2, 0.25) is 0 Å². The maximum atomic E-state index is 11.8. The van der Waals surface area contributed by atoms with Gasteiger partial charge < -0.3 is 24.7 Å². The maximum Gasteiger partial charge on any atom is 0.353 e. The van der Waals surface area contributed by atoms with E-state index < -0.39 is 46.4 Å². The monoisotopic (exact) mass is 299 g/mol. The SMILES string of the molecule is CCOC(=O)c1c(C(=O)O)[nH]c(C(=O)O)c1C(=O)OCC. The van der Waals surface area contributed by atoms with Crippen molar-refractivity contribution in [2.45, 2.75) is 13.8 Å². The minimum absolute atomic E-state index is 0.0757. The second-order valence-corrected chi connectivity index (χ2v) is 3.68. The molecule has 0 saturated carbocycles. The Hall–Kier alpha value is -2.84. The van der Waals surface area contributed by atoms with E-state index in [0.717, 1.165) is 0 Å². The van der Waals surface area contributed by atoms with Crippen LogP contribution >= 0.6 is 0 Å². The first kappa shape index (κ1) is 16.2. The Bertz CT molecular complexity index is 550. The number of carboxylic acid groups (broad SMARTS) is 2. The van der Waals surface area contributed by atoms with Crippen LogP contribution < -0.4 is 0 Å². The van der Waals surface area contributed by atoms with Crippen molar-refractivity contribution in [2.24, 2.45) is 0 Å². The molecule has 0 aromatic carbocycles. The second-order valence-electron chi connectivity index (χ2n) is 3.68. The molecule has 1 aromatic rings. The summed E-state index contributed by atoms with van der Waals surface area (Å²) in [5.41, 5.74) is -2.82. The lowest BCUT2D eigenvalue weighted by atomic mass is 10.1. The highest BCUT2D eigenvalue weighted by atomic mass is 16.5. The molecule has 0 saturated heterocycles. The first-order chi connectivity index (χ1) is 9.84. The number of carbonyl (C=O) groups is 4. The van der Waals surface area contributed by atoms with E-state index in [1.165, 1.54) is 13.8 Å². The van der Waals surface area contributed by atoms with Crippen molar-refractivity contribution in [3.05, 3.63) is 22.5 Å². The minimum Gasteiger partial charge on any atom is -0.477 e. The Balaban J connectivity index is 3.61. The molecule has 1 rings (SSSR count). The van der Waals surface area contributed by atoms with E-state index in [2.05, 4.69) is 9.47 Å². The zero-order valence-electron chi connectivity index (χ0n) is 11.3. The number of carbonyl (C=O) groups excluding carboxylic acids is 2.